The van der Waals surface area contributed by atoms with Crippen LogP contribution in [0, 0.1) is 0 Å². The van der Waals surface area contributed by atoms with E-state index < -0.39 is 10.0 Å². The molecule has 0 saturated carbocycles. The SMILES string of the molecule is CCN(CC)C(=O)CCNS(=O)(=O)c1ccccc1N. The average molecular weight is 299 g/mol. The lowest BCUT2D eigenvalue weighted by Gasteiger charge is -2.18. The Bertz CT molecular complexity index is 554. The van der Waals surface area contributed by atoms with Crippen molar-refractivity contribution in [3.05, 3.63) is 24.3 Å². The number of sulfonamides is 1. The van der Waals surface area contributed by atoms with Crippen LogP contribution in [0.4, 0.5) is 5.69 Å². The topological polar surface area (TPSA) is 92.5 Å². The van der Waals surface area contributed by atoms with Crippen LogP contribution in [0.2, 0.25) is 0 Å². The van der Waals surface area contributed by atoms with Gasteiger partial charge in [-0.3, -0.25) is 4.79 Å². The summed E-state index contributed by atoms with van der Waals surface area (Å²) in [6.07, 6.45) is 0.133. The fourth-order valence-corrected chi connectivity index (χ4v) is 2.99. The van der Waals surface area contributed by atoms with Crippen LogP contribution in [0.5, 0.6) is 0 Å². The summed E-state index contributed by atoms with van der Waals surface area (Å²) in [5.74, 6) is -0.0706. The highest BCUT2D eigenvalue weighted by Gasteiger charge is 2.17. The number of para-hydroxylation sites is 1. The molecule has 0 aliphatic heterocycles. The van der Waals surface area contributed by atoms with Gasteiger partial charge in [-0.05, 0) is 26.0 Å². The monoisotopic (exact) mass is 299 g/mol. The van der Waals surface area contributed by atoms with Crippen molar-refractivity contribution >= 4 is 21.6 Å². The number of hydrogen-bond donors (Lipinski definition) is 2. The van der Waals surface area contributed by atoms with Gasteiger partial charge in [0.05, 0.1) is 5.69 Å². The lowest BCUT2D eigenvalue weighted by molar-refractivity contribution is -0.130. The zero-order valence-corrected chi connectivity index (χ0v) is 12.6. The molecule has 0 aliphatic rings. The Kier molecular flexibility index (Phi) is 5.97. The highest BCUT2D eigenvalue weighted by Crippen LogP contribution is 2.16. The van der Waals surface area contributed by atoms with Gasteiger partial charge < -0.3 is 10.6 Å². The molecule has 0 heterocycles. The standard InChI is InChI=1S/C13H21N3O3S/c1-3-16(4-2)13(17)9-10-15-20(18,19)12-8-6-5-7-11(12)14/h5-8,15H,3-4,9-10,14H2,1-2H3. The van der Waals surface area contributed by atoms with E-state index in [9.17, 15) is 13.2 Å². The van der Waals surface area contributed by atoms with E-state index in [1.54, 1.807) is 17.0 Å². The van der Waals surface area contributed by atoms with Crippen LogP contribution in [-0.4, -0.2) is 38.9 Å². The molecule has 0 unspecified atom stereocenters. The zero-order chi connectivity index (χ0) is 15.2. The number of carbonyl (C=O) groups excluding carboxylic acids is 1. The Morgan fingerprint density at radius 3 is 2.40 bits per heavy atom. The Hall–Kier alpha value is -1.60. The Labute approximate surface area is 120 Å². The summed E-state index contributed by atoms with van der Waals surface area (Å²) < 4.78 is 26.4. The van der Waals surface area contributed by atoms with Crippen LogP contribution in [-0.2, 0) is 14.8 Å². The Morgan fingerprint density at radius 1 is 1.25 bits per heavy atom. The van der Waals surface area contributed by atoms with Gasteiger partial charge in [-0.25, -0.2) is 13.1 Å². The first-order valence-corrected chi connectivity index (χ1v) is 8.02. The molecular formula is C13H21N3O3S. The summed E-state index contributed by atoms with van der Waals surface area (Å²) in [5, 5.41) is 0. The molecule has 0 saturated heterocycles. The van der Waals surface area contributed by atoms with Crippen molar-refractivity contribution in [2.75, 3.05) is 25.4 Å². The quantitative estimate of drug-likeness (QED) is 0.729. The number of benzene rings is 1. The number of amides is 1. The summed E-state index contributed by atoms with van der Waals surface area (Å²) in [6, 6.07) is 6.23. The van der Waals surface area contributed by atoms with Crippen LogP contribution < -0.4 is 10.5 Å². The van der Waals surface area contributed by atoms with E-state index in [1.807, 2.05) is 13.8 Å². The maximum absolute atomic E-state index is 12.0. The fourth-order valence-electron chi connectivity index (χ4n) is 1.83. The maximum Gasteiger partial charge on any atom is 0.242 e. The average Bonchev–Trinajstić information content (AvgIpc) is 2.40. The van der Waals surface area contributed by atoms with E-state index in [2.05, 4.69) is 4.72 Å². The van der Waals surface area contributed by atoms with Crippen LogP contribution in [0.15, 0.2) is 29.2 Å². The van der Waals surface area contributed by atoms with Gasteiger partial charge in [-0.1, -0.05) is 12.1 Å². The lowest BCUT2D eigenvalue weighted by atomic mass is 10.3. The normalized spacial score (nSPS) is 11.3. The second-order valence-electron chi connectivity index (χ2n) is 4.25. The first-order valence-electron chi connectivity index (χ1n) is 6.54. The van der Waals surface area contributed by atoms with Gasteiger partial charge in [0, 0.05) is 26.1 Å². The number of rotatable bonds is 7. The molecule has 0 fully saturated rings. The summed E-state index contributed by atoms with van der Waals surface area (Å²) in [4.78, 5) is 13.5. The molecule has 20 heavy (non-hydrogen) atoms. The van der Waals surface area contributed by atoms with Gasteiger partial charge in [0.1, 0.15) is 4.90 Å². The predicted molar refractivity (Wildman–Crippen MR) is 78.6 cm³/mol. The lowest BCUT2D eigenvalue weighted by Crippen LogP contribution is -2.34. The van der Waals surface area contributed by atoms with Gasteiger partial charge in [0.15, 0.2) is 0 Å². The van der Waals surface area contributed by atoms with Crippen molar-refractivity contribution in [1.29, 1.82) is 0 Å². The third kappa shape index (κ3) is 4.21. The zero-order valence-electron chi connectivity index (χ0n) is 11.8. The number of nitrogens with one attached hydrogen (secondary N) is 1. The highest BCUT2D eigenvalue weighted by atomic mass is 32.2. The molecule has 0 aromatic heterocycles. The van der Waals surface area contributed by atoms with Crippen LogP contribution >= 0.6 is 0 Å². The Balaban J connectivity index is 2.62. The van der Waals surface area contributed by atoms with Gasteiger partial charge in [0.2, 0.25) is 15.9 Å². The molecule has 1 rings (SSSR count). The third-order valence-corrected chi connectivity index (χ3v) is 4.49. The van der Waals surface area contributed by atoms with Gasteiger partial charge in [0.25, 0.3) is 0 Å². The molecule has 0 atom stereocenters. The summed E-state index contributed by atoms with van der Waals surface area (Å²) in [6.45, 7) is 5.07. The molecule has 0 spiro atoms. The predicted octanol–water partition coefficient (Wildman–Crippen LogP) is 0.806. The first kappa shape index (κ1) is 16.5. The number of hydrogen-bond acceptors (Lipinski definition) is 4. The van der Waals surface area contributed by atoms with Crippen molar-refractivity contribution in [2.45, 2.75) is 25.2 Å². The smallest absolute Gasteiger partial charge is 0.242 e. The maximum atomic E-state index is 12.0. The van der Waals surface area contributed by atoms with E-state index in [0.29, 0.717) is 13.1 Å². The van der Waals surface area contributed by atoms with Gasteiger partial charge in [-0.15, -0.1) is 0 Å². The molecule has 1 aromatic rings. The van der Waals surface area contributed by atoms with Gasteiger partial charge >= 0.3 is 0 Å². The van der Waals surface area contributed by atoms with E-state index in [1.165, 1.54) is 12.1 Å². The first-order chi connectivity index (χ1) is 9.42. The molecule has 3 N–H and O–H groups in total. The van der Waals surface area contributed by atoms with E-state index in [0.717, 1.165) is 0 Å². The Morgan fingerprint density at radius 2 is 1.85 bits per heavy atom. The molecule has 6 nitrogen and oxygen atoms in total. The fraction of sp³-hybridized carbons (Fsp3) is 0.462. The summed E-state index contributed by atoms with van der Waals surface area (Å²) in [7, 11) is -3.67. The van der Waals surface area contributed by atoms with Crippen molar-refractivity contribution < 1.29 is 13.2 Å². The number of carbonyl (C=O) groups is 1. The number of nitrogens with two attached hydrogens (primary N) is 1. The van der Waals surface area contributed by atoms with E-state index >= 15 is 0 Å². The number of nitrogen functional groups attached to an aromatic ring is 1. The molecule has 0 bridgehead atoms. The van der Waals surface area contributed by atoms with Crippen LogP contribution in [0.1, 0.15) is 20.3 Å². The highest BCUT2D eigenvalue weighted by molar-refractivity contribution is 7.89. The summed E-state index contributed by atoms with van der Waals surface area (Å²) in [5.41, 5.74) is 5.83. The van der Waals surface area contributed by atoms with Crippen molar-refractivity contribution in [2.24, 2.45) is 0 Å². The molecule has 0 aliphatic carbocycles. The minimum Gasteiger partial charge on any atom is -0.398 e. The van der Waals surface area contributed by atoms with Gasteiger partial charge in [-0.2, -0.15) is 0 Å². The molecule has 1 amide bonds. The van der Waals surface area contributed by atoms with Crippen LogP contribution in [0.3, 0.4) is 0 Å². The largest absolute Gasteiger partial charge is 0.398 e. The van der Waals surface area contributed by atoms with E-state index in [4.69, 9.17) is 5.73 Å². The van der Waals surface area contributed by atoms with Crippen LogP contribution in [0.25, 0.3) is 0 Å². The molecule has 112 valence electrons. The minimum absolute atomic E-state index is 0.0373. The third-order valence-electron chi connectivity index (χ3n) is 2.96. The van der Waals surface area contributed by atoms with Crippen molar-refractivity contribution in [1.82, 2.24) is 9.62 Å². The second kappa shape index (κ2) is 7.25. The van der Waals surface area contributed by atoms with Crippen molar-refractivity contribution in [3.8, 4) is 0 Å². The number of nitrogens with zero attached hydrogens (tertiary/aromatic N) is 1. The minimum atomic E-state index is -3.67. The van der Waals surface area contributed by atoms with E-state index in [-0.39, 0.29) is 29.5 Å². The molecule has 0 radical (unpaired) electrons. The molecular weight excluding hydrogens is 278 g/mol. The van der Waals surface area contributed by atoms with Crippen molar-refractivity contribution in [3.63, 3.8) is 0 Å². The summed E-state index contributed by atoms with van der Waals surface area (Å²) >= 11 is 0. The molecule has 1 aromatic carbocycles. The number of anilines is 1. The second-order valence-corrected chi connectivity index (χ2v) is 5.99. The molecule has 7 heteroatoms.